The largest absolute Gasteiger partial charge is 0.451 e. The number of pyridine rings is 5. The molecule has 9 aromatic heterocycles. The zero-order chi connectivity index (χ0) is 71.4. The van der Waals surface area contributed by atoms with Gasteiger partial charge in [-0.2, -0.15) is 25.4 Å². The number of amides is 5. The molecular weight excluding hydrogens is 1340 g/mol. The van der Waals surface area contributed by atoms with Crippen LogP contribution in [0.4, 0.5) is 16.4 Å². The zero-order valence-corrected chi connectivity index (χ0v) is 57.6. The first-order chi connectivity index (χ1) is 50.2. The van der Waals surface area contributed by atoms with Gasteiger partial charge in [-0.25, -0.2) is 14.8 Å². The number of urea groups is 1. The van der Waals surface area contributed by atoms with Gasteiger partial charge in [0.05, 0.1) is 85.8 Å². The van der Waals surface area contributed by atoms with E-state index >= 15 is 0 Å². The lowest BCUT2D eigenvalue weighted by molar-refractivity contribution is -0.116. The number of ketones is 1. The second-order valence-electron chi connectivity index (χ2n) is 23.3. The number of para-hydroxylation sites is 2. The summed E-state index contributed by atoms with van der Waals surface area (Å²) in [5.41, 5.74) is 10.9. The van der Waals surface area contributed by atoms with Gasteiger partial charge in [-0.3, -0.25) is 54.5 Å². The maximum Gasteiger partial charge on any atom is 0.319 e. The van der Waals surface area contributed by atoms with Crippen LogP contribution in [0.25, 0.3) is 43.4 Å². The maximum absolute atomic E-state index is 12.6. The van der Waals surface area contributed by atoms with E-state index in [1.807, 2.05) is 161 Å². The van der Waals surface area contributed by atoms with Crippen molar-refractivity contribution in [3.8, 4) is 22.2 Å². The highest BCUT2D eigenvalue weighted by Crippen LogP contribution is 2.29. The number of carbonyl (C=O) groups is 5. The van der Waals surface area contributed by atoms with Gasteiger partial charge in [0.1, 0.15) is 32.8 Å². The Kier molecular flexibility index (Phi) is 22.9. The van der Waals surface area contributed by atoms with E-state index in [4.69, 9.17) is 4.42 Å². The summed E-state index contributed by atoms with van der Waals surface area (Å²) in [6, 6.07) is 50.1. The predicted octanol–water partition coefficient (Wildman–Crippen LogP) is 12.8. The molecule has 12 aromatic rings. The number of aryl methyl sites for hydroxylation is 3. The third-order valence-corrected chi connectivity index (χ3v) is 17.5. The van der Waals surface area contributed by atoms with Crippen molar-refractivity contribution < 1.29 is 28.4 Å². The van der Waals surface area contributed by atoms with Crippen LogP contribution >= 0.6 is 22.7 Å². The minimum absolute atomic E-state index is 0.0310. The number of nitrogens with zero attached hydrogens (tertiary/aromatic N) is 15. The quantitative estimate of drug-likeness (QED) is 0.0461. The number of hydrogen-bond donors (Lipinski definition) is 6. The molecule has 6 N–H and O–H groups in total. The van der Waals surface area contributed by atoms with E-state index in [0.29, 0.717) is 92.8 Å². The topological polar surface area (TPSA) is 365 Å². The molecule has 0 fully saturated rings. The van der Waals surface area contributed by atoms with E-state index in [9.17, 15) is 24.0 Å². The van der Waals surface area contributed by atoms with Crippen LogP contribution in [0.3, 0.4) is 0 Å². The lowest BCUT2D eigenvalue weighted by Crippen LogP contribution is -2.34. The normalized spacial score (nSPS) is 12.7. The highest BCUT2D eigenvalue weighted by molar-refractivity contribution is 7.18. The van der Waals surface area contributed by atoms with Gasteiger partial charge in [0.15, 0.2) is 17.4 Å². The standard InChI is InChI=1S/C20H21N5O2.C18H14N6OS.C18H16N6OS.C18H14N4O2/c1-13(2)22-20(27)23-15-7-5-6-14(10-15)19(26)12-16-11-18(25-24-16)17-8-3-4-9-21-17;1-11-16(26-18(21-11)13-7-3-5-9-20-13)17(25)22-15-10-14(23-24-15)12-6-2-4-8-19-12;25-15(9-5-10-16-20-12-6-1-2-8-14(12)26-16)21-18-22-17(23-24-18)13-7-3-4-11-19-13;1-11-12-6-2-3-8-15(12)24-17(11)18(23)20-16-10-14(21-22-16)13-7-4-5-9-19-13/h3-10,13H,11-12H2,1-2H3,(H2,22,23,27);2-9H,10H2,1H3,(H,22,24,25);1-4,6-8,11H,5,9-10H2,(H2,21,22,23,24,25);2-9H,10H2,1H3,(H,20,22,23). The number of furan rings is 1. The molecule has 29 heteroatoms. The summed E-state index contributed by atoms with van der Waals surface area (Å²) in [5, 5.41) is 47.8. The summed E-state index contributed by atoms with van der Waals surface area (Å²) in [6.45, 7) is 7.43. The van der Waals surface area contributed by atoms with Crippen LogP contribution in [0.15, 0.2) is 230 Å². The number of aromatic amines is 1. The molecule has 15 rings (SSSR count). The Balaban J connectivity index is 0.000000129. The third kappa shape index (κ3) is 18.8. The molecule has 27 nitrogen and oxygen atoms in total. The van der Waals surface area contributed by atoms with Crippen LogP contribution in [0, 0.1) is 13.8 Å². The molecule has 0 bridgehead atoms. The number of amidine groups is 2. The summed E-state index contributed by atoms with van der Waals surface area (Å²) >= 11 is 2.99. The van der Waals surface area contributed by atoms with Gasteiger partial charge < -0.3 is 25.7 Å². The van der Waals surface area contributed by atoms with Crippen molar-refractivity contribution in [1.82, 2.24) is 66.0 Å². The highest BCUT2D eigenvalue weighted by Gasteiger charge is 2.25. The molecule has 103 heavy (non-hydrogen) atoms. The average molecular weight is 1410 g/mol. The van der Waals surface area contributed by atoms with Gasteiger partial charge in [0, 0.05) is 72.1 Å². The molecule has 12 heterocycles. The lowest BCUT2D eigenvalue weighted by atomic mass is 10.0. The minimum Gasteiger partial charge on any atom is -0.451 e. The summed E-state index contributed by atoms with van der Waals surface area (Å²) in [7, 11) is 0. The Bertz CT molecular complexity index is 5200. The summed E-state index contributed by atoms with van der Waals surface area (Å²) in [4.78, 5) is 96.6. The highest BCUT2D eigenvalue weighted by atomic mass is 32.1. The maximum atomic E-state index is 12.6. The number of thiazole rings is 2. The third-order valence-electron chi connectivity index (χ3n) is 15.3. The fourth-order valence-electron chi connectivity index (χ4n) is 10.4. The molecule has 0 unspecified atom stereocenters. The Morgan fingerprint density at radius 1 is 0.553 bits per heavy atom. The van der Waals surface area contributed by atoms with Crippen LogP contribution in [-0.4, -0.2) is 120 Å². The van der Waals surface area contributed by atoms with Crippen molar-refractivity contribution >= 4 is 120 Å². The van der Waals surface area contributed by atoms with Crippen molar-refractivity contribution in [3.05, 3.63) is 244 Å². The van der Waals surface area contributed by atoms with Crippen LogP contribution < -0.4 is 26.6 Å². The summed E-state index contributed by atoms with van der Waals surface area (Å²) < 4.78 is 6.84. The Hall–Kier alpha value is -13.0. The molecule has 5 amide bonds. The number of hydrogen-bond acceptors (Lipinski definition) is 23. The molecule has 514 valence electrons. The van der Waals surface area contributed by atoms with Gasteiger partial charge in [0.25, 0.3) is 11.8 Å². The number of fused-ring (bicyclic) bond motifs is 2. The number of Topliss-reactive ketones (excluding diaryl/α,β-unsaturated/α-hetero) is 1. The number of nitrogens with one attached hydrogen (secondary N) is 6. The number of aromatic nitrogens is 10. The van der Waals surface area contributed by atoms with Crippen LogP contribution in [0.2, 0.25) is 0 Å². The molecular formula is C74H65N21O6S2. The fraction of sp³-hybridized carbons (Fsp3) is 0.162. The molecule has 0 saturated carbocycles. The van der Waals surface area contributed by atoms with Crippen molar-refractivity contribution in [2.45, 2.75) is 78.7 Å². The van der Waals surface area contributed by atoms with Crippen LogP contribution in [-0.2, 0) is 11.2 Å². The second kappa shape index (κ2) is 33.7. The zero-order valence-electron chi connectivity index (χ0n) is 56.0. The monoisotopic (exact) mass is 1410 g/mol. The fourth-order valence-corrected chi connectivity index (χ4v) is 12.3. The van der Waals surface area contributed by atoms with Crippen LogP contribution in [0.5, 0.6) is 0 Å². The van der Waals surface area contributed by atoms with E-state index in [1.165, 1.54) is 16.0 Å². The van der Waals surface area contributed by atoms with E-state index < -0.39 is 0 Å². The first kappa shape index (κ1) is 69.9. The Morgan fingerprint density at radius 3 is 1.76 bits per heavy atom. The molecule has 0 atom stereocenters. The molecule has 0 saturated heterocycles. The van der Waals surface area contributed by atoms with Gasteiger partial charge >= 0.3 is 6.03 Å². The van der Waals surface area contributed by atoms with Crippen LogP contribution in [0.1, 0.15) is 116 Å². The number of H-pyrrole nitrogens is 1. The van der Waals surface area contributed by atoms with Crippen molar-refractivity contribution in [3.63, 3.8) is 0 Å². The molecule has 3 aromatic carbocycles. The van der Waals surface area contributed by atoms with Crippen molar-refractivity contribution in [2.24, 2.45) is 30.6 Å². The first-order valence-electron chi connectivity index (χ1n) is 32.5. The SMILES string of the molecule is CC(C)NC(=O)Nc1cccc(C(=O)CC2=NN=C(c3ccccn3)C2)c1.Cc1c(C(=O)NC2=NN=C(c3ccccn3)C2)oc2ccccc12.Cc1nc(-c2ccccn2)sc1C(=O)NC1=NN=C(c2ccccn2)C1.O=C(CCCc1nc2ccccc2s1)Nc1n[nH]c(-c2ccccn2)n1. The van der Waals surface area contributed by atoms with Gasteiger partial charge in [-0.05, 0) is 132 Å². The summed E-state index contributed by atoms with van der Waals surface area (Å²) in [5.74, 6) is 1.33. The van der Waals surface area contributed by atoms with Crippen molar-refractivity contribution in [1.29, 1.82) is 0 Å². The van der Waals surface area contributed by atoms with Gasteiger partial charge in [0.2, 0.25) is 11.9 Å². The minimum atomic E-state index is -0.320. The lowest BCUT2D eigenvalue weighted by Gasteiger charge is -2.11. The van der Waals surface area contributed by atoms with Gasteiger partial charge in [-0.1, -0.05) is 72.8 Å². The number of benzene rings is 3. The molecule has 3 aliphatic rings. The predicted molar refractivity (Wildman–Crippen MR) is 398 cm³/mol. The Labute approximate surface area is 597 Å². The number of anilines is 2. The van der Waals surface area contributed by atoms with E-state index in [2.05, 4.69) is 113 Å². The van der Waals surface area contributed by atoms with E-state index in [1.54, 1.807) is 66.6 Å². The Morgan fingerprint density at radius 2 is 1.14 bits per heavy atom. The van der Waals surface area contributed by atoms with E-state index in [-0.39, 0.29) is 47.9 Å². The first-order valence-corrected chi connectivity index (χ1v) is 34.2. The molecule has 3 aliphatic heterocycles. The molecule has 0 spiro atoms. The number of carbonyl (C=O) groups excluding carboxylic acids is 5. The number of rotatable bonds is 17. The molecule has 0 aliphatic carbocycles. The van der Waals surface area contributed by atoms with Gasteiger partial charge in [-0.15, -0.1) is 38.0 Å². The average Bonchev–Trinajstić information content (AvgIpc) is 1.67. The smallest absolute Gasteiger partial charge is 0.319 e. The molecule has 0 radical (unpaired) electrons. The summed E-state index contributed by atoms with van der Waals surface area (Å²) in [6.07, 6.45) is 11.9. The van der Waals surface area contributed by atoms with E-state index in [0.717, 1.165) is 74.2 Å². The second-order valence-corrected chi connectivity index (χ2v) is 25.4. The van der Waals surface area contributed by atoms with Crippen molar-refractivity contribution in [2.75, 3.05) is 10.6 Å².